The van der Waals surface area contributed by atoms with Crippen molar-refractivity contribution in [1.29, 1.82) is 0 Å². The Bertz CT molecular complexity index is 1330. The van der Waals surface area contributed by atoms with E-state index in [-0.39, 0.29) is 11.9 Å². The third kappa shape index (κ3) is 3.07. The maximum Gasteiger partial charge on any atom is 0.237 e. The van der Waals surface area contributed by atoms with Gasteiger partial charge in [0.1, 0.15) is 11.2 Å². The van der Waals surface area contributed by atoms with Crippen LogP contribution in [-0.2, 0) is 24.1 Å². The number of thioether (sulfide) groups is 1. The fourth-order valence-electron chi connectivity index (χ4n) is 4.96. The van der Waals surface area contributed by atoms with Gasteiger partial charge in [-0.25, -0.2) is 4.98 Å². The number of rotatable bonds is 3. The third-order valence-corrected chi connectivity index (χ3v) is 8.56. The molecule has 1 aliphatic heterocycles. The van der Waals surface area contributed by atoms with Crippen molar-refractivity contribution in [3.05, 3.63) is 46.6 Å². The molecule has 31 heavy (non-hydrogen) atoms. The van der Waals surface area contributed by atoms with Crippen molar-refractivity contribution in [3.63, 3.8) is 0 Å². The summed E-state index contributed by atoms with van der Waals surface area (Å²) in [6.07, 6.45) is 6.13. The van der Waals surface area contributed by atoms with Crippen LogP contribution in [0.25, 0.3) is 15.9 Å². The summed E-state index contributed by atoms with van der Waals surface area (Å²) in [5, 5.41) is 10.8. The summed E-state index contributed by atoms with van der Waals surface area (Å²) >= 11 is 3.24. The Morgan fingerprint density at radius 1 is 1.23 bits per heavy atom. The van der Waals surface area contributed by atoms with Gasteiger partial charge in [0.25, 0.3) is 0 Å². The lowest BCUT2D eigenvalue weighted by molar-refractivity contribution is -0.116. The van der Waals surface area contributed by atoms with Crippen LogP contribution in [0.15, 0.2) is 35.7 Å². The highest BCUT2D eigenvalue weighted by atomic mass is 32.2. The molecular weight excluding hydrogens is 426 g/mol. The molecule has 0 unspecified atom stereocenters. The molecule has 0 saturated carbocycles. The smallest absolute Gasteiger partial charge is 0.237 e. The van der Waals surface area contributed by atoms with Crippen molar-refractivity contribution in [2.24, 2.45) is 5.92 Å². The molecule has 4 aromatic rings. The molecule has 0 N–H and O–H groups in total. The number of para-hydroxylation sites is 1. The van der Waals surface area contributed by atoms with Crippen LogP contribution in [0.1, 0.15) is 36.3 Å². The van der Waals surface area contributed by atoms with Crippen LogP contribution in [-0.4, -0.2) is 37.3 Å². The number of thiophene rings is 1. The van der Waals surface area contributed by atoms with Crippen LogP contribution in [0, 0.1) is 5.92 Å². The number of carbonyl (C=O) groups is 1. The second kappa shape index (κ2) is 7.31. The monoisotopic (exact) mass is 449 g/mol. The number of carbonyl (C=O) groups excluding carboxylic acids is 1. The zero-order valence-corrected chi connectivity index (χ0v) is 19.2. The van der Waals surface area contributed by atoms with Crippen molar-refractivity contribution >= 4 is 50.6 Å². The number of nitrogens with zero attached hydrogens (tertiary/aromatic N) is 5. The lowest BCUT2D eigenvalue weighted by atomic mass is 9.89. The number of benzene rings is 1. The van der Waals surface area contributed by atoms with E-state index in [0.29, 0.717) is 5.75 Å². The summed E-state index contributed by atoms with van der Waals surface area (Å²) < 4.78 is 1.95. The summed E-state index contributed by atoms with van der Waals surface area (Å²) in [7, 11) is 0. The zero-order chi connectivity index (χ0) is 21.1. The molecule has 6 nitrogen and oxygen atoms in total. The molecule has 1 aromatic carbocycles. The predicted molar refractivity (Wildman–Crippen MR) is 125 cm³/mol. The van der Waals surface area contributed by atoms with Crippen molar-refractivity contribution in [2.45, 2.75) is 50.7 Å². The van der Waals surface area contributed by atoms with Gasteiger partial charge in [0, 0.05) is 16.6 Å². The standard InChI is InChI=1S/C23H23N5OS2/c1-13-7-8-16-18(9-13)31-22-20(16)21-25-26-23(27(21)12-24-22)30-11-19(29)28-14(2)10-15-5-3-4-6-17(15)28/h3-6,12-14H,7-11H2,1-2H3/t13-,14-/m0/s1. The van der Waals surface area contributed by atoms with E-state index in [4.69, 9.17) is 4.98 Å². The summed E-state index contributed by atoms with van der Waals surface area (Å²) in [5.41, 5.74) is 4.55. The second-order valence-electron chi connectivity index (χ2n) is 8.69. The van der Waals surface area contributed by atoms with E-state index < -0.39 is 0 Å². The topological polar surface area (TPSA) is 63.4 Å². The van der Waals surface area contributed by atoms with Gasteiger partial charge in [-0.3, -0.25) is 9.20 Å². The van der Waals surface area contributed by atoms with E-state index in [0.717, 1.165) is 51.9 Å². The molecular formula is C23H23N5OS2. The number of aromatic nitrogens is 4. The molecule has 0 fully saturated rings. The molecule has 2 aliphatic rings. The lowest BCUT2D eigenvalue weighted by Gasteiger charge is -2.22. The van der Waals surface area contributed by atoms with Gasteiger partial charge in [-0.05, 0) is 55.7 Å². The molecule has 3 aromatic heterocycles. The Morgan fingerprint density at radius 3 is 3.00 bits per heavy atom. The molecule has 0 radical (unpaired) electrons. The van der Waals surface area contributed by atoms with Gasteiger partial charge < -0.3 is 4.90 Å². The summed E-state index contributed by atoms with van der Waals surface area (Å²) in [6, 6.07) is 8.36. The van der Waals surface area contributed by atoms with E-state index in [9.17, 15) is 4.79 Å². The van der Waals surface area contributed by atoms with Crippen molar-refractivity contribution in [1.82, 2.24) is 19.6 Å². The Kier molecular flexibility index (Phi) is 4.54. The lowest BCUT2D eigenvalue weighted by Crippen LogP contribution is -2.37. The van der Waals surface area contributed by atoms with Crippen LogP contribution >= 0.6 is 23.1 Å². The number of amides is 1. The highest BCUT2D eigenvalue weighted by molar-refractivity contribution is 7.99. The fraction of sp³-hybridized carbons (Fsp3) is 0.391. The number of fused-ring (bicyclic) bond motifs is 6. The molecule has 4 heterocycles. The SMILES string of the molecule is C[C@H]1CCc2c(sc3ncn4c(SCC(=O)N5c6ccccc6C[C@@H]5C)nnc4c23)C1. The molecule has 0 saturated heterocycles. The van der Waals surface area contributed by atoms with Crippen LogP contribution in [0.3, 0.4) is 0 Å². The van der Waals surface area contributed by atoms with Gasteiger partial charge in [-0.15, -0.1) is 21.5 Å². The van der Waals surface area contributed by atoms with E-state index in [1.54, 1.807) is 11.3 Å². The summed E-state index contributed by atoms with van der Waals surface area (Å²) in [5.74, 6) is 1.16. The molecule has 0 spiro atoms. The Morgan fingerprint density at radius 2 is 2.10 bits per heavy atom. The van der Waals surface area contributed by atoms with E-state index in [2.05, 4.69) is 30.1 Å². The van der Waals surface area contributed by atoms with Gasteiger partial charge in [0.15, 0.2) is 10.8 Å². The highest BCUT2D eigenvalue weighted by Gasteiger charge is 2.31. The van der Waals surface area contributed by atoms with Gasteiger partial charge in [-0.1, -0.05) is 36.9 Å². The van der Waals surface area contributed by atoms with Gasteiger partial charge in [-0.2, -0.15) is 0 Å². The molecule has 1 aliphatic carbocycles. The number of anilines is 1. The largest absolute Gasteiger partial charge is 0.308 e. The maximum absolute atomic E-state index is 13.1. The predicted octanol–water partition coefficient (Wildman–Crippen LogP) is 4.53. The number of hydrogen-bond donors (Lipinski definition) is 0. The Labute approximate surface area is 188 Å². The van der Waals surface area contributed by atoms with Crippen molar-refractivity contribution < 1.29 is 4.79 Å². The minimum Gasteiger partial charge on any atom is -0.308 e. The minimum absolute atomic E-state index is 0.107. The first-order valence-electron chi connectivity index (χ1n) is 10.8. The van der Waals surface area contributed by atoms with E-state index in [1.807, 2.05) is 33.8 Å². The first-order valence-corrected chi connectivity index (χ1v) is 12.6. The summed E-state index contributed by atoms with van der Waals surface area (Å²) in [4.78, 5) is 22.2. The third-order valence-electron chi connectivity index (χ3n) is 6.47. The zero-order valence-electron chi connectivity index (χ0n) is 17.5. The summed E-state index contributed by atoms with van der Waals surface area (Å²) in [6.45, 7) is 4.43. The second-order valence-corrected chi connectivity index (χ2v) is 10.7. The van der Waals surface area contributed by atoms with E-state index in [1.165, 1.54) is 34.2 Å². The van der Waals surface area contributed by atoms with Crippen LogP contribution in [0.5, 0.6) is 0 Å². The molecule has 158 valence electrons. The van der Waals surface area contributed by atoms with Crippen molar-refractivity contribution in [3.8, 4) is 0 Å². The minimum atomic E-state index is 0.107. The molecule has 6 rings (SSSR count). The Hall–Kier alpha value is -2.45. The average Bonchev–Trinajstić information content (AvgIpc) is 3.43. The van der Waals surface area contributed by atoms with Gasteiger partial charge in [0.05, 0.1) is 11.1 Å². The number of hydrogen-bond acceptors (Lipinski definition) is 6. The van der Waals surface area contributed by atoms with Crippen LogP contribution in [0.2, 0.25) is 0 Å². The average molecular weight is 450 g/mol. The van der Waals surface area contributed by atoms with Gasteiger partial charge in [0.2, 0.25) is 5.91 Å². The quantitative estimate of drug-likeness (QED) is 0.430. The Balaban J connectivity index is 1.29. The normalized spacial score (nSPS) is 20.4. The van der Waals surface area contributed by atoms with Crippen LogP contribution in [0.4, 0.5) is 5.69 Å². The molecule has 1 amide bonds. The first-order chi connectivity index (χ1) is 15.1. The first kappa shape index (κ1) is 19.3. The fourth-order valence-corrected chi connectivity index (χ4v) is 7.07. The van der Waals surface area contributed by atoms with Gasteiger partial charge >= 0.3 is 0 Å². The highest BCUT2D eigenvalue weighted by Crippen LogP contribution is 2.39. The van der Waals surface area contributed by atoms with E-state index >= 15 is 0 Å². The molecule has 0 bridgehead atoms. The molecule has 2 atom stereocenters. The van der Waals surface area contributed by atoms with Crippen molar-refractivity contribution in [2.75, 3.05) is 10.7 Å². The van der Waals surface area contributed by atoms with Crippen LogP contribution < -0.4 is 4.90 Å². The number of aryl methyl sites for hydroxylation is 1. The molecule has 8 heteroatoms. The maximum atomic E-state index is 13.1.